The van der Waals surface area contributed by atoms with Crippen molar-refractivity contribution in [1.82, 2.24) is 14.7 Å². The van der Waals surface area contributed by atoms with Crippen molar-refractivity contribution in [2.45, 2.75) is 20.4 Å². The van der Waals surface area contributed by atoms with E-state index in [1.54, 1.807) is 48.4 Å². The molecule has 3 rings (SSSR count). The maximum absolute atomic E-state index is 13.3. The van der Waals surface area contributed by atoms with Gasteiger partial charge in [-0.3, -0.25) is 14.5 Å². The van der Waals surface area contributed by atoms with Gasteiger partial charge in [0.25, 0.3) is 5.91 Å². The summed E-state index contributed by atoms with van der Waals surface area (Å²) in [7, 11) is 1.59. The fraction of sp³-hybridized carbons (Fsp3) is 0.440. The maximum Gasteiger partial charge on any atom is 0.254 e. The summed E-state index contributed by atoms with van der Waals surface area (Å²) in [6.45, 7) is 8.51. The van der Waals surface area contributed by atoms with E-state index in [1.807, 2.05) is 18.7 Å². The molecule has 0 saturated carbocycles. The number of hydrogen-bond donors (Lipinski definition) is 0. The van der Waals surface area contributed by atoms with E-state index in [1.165, 1.54) is 12.1 Å². The molecule has 0 aliphatic carbocycles. The monoisotopic (exact) mass is 441 g/mol. The summed E-state index contributed by atoms with van der Waals surface area (Å²) in [5, 5.41) is 0. The Morgan fingerprint density at radius 2 is 1.62 bits per heavy atom. The summed E-state index contributed by atoms with van der Waals surface area (Å²) in [6.07, 6.45) is 0. The molecule has 0 bridgehead atoms. The molecular formula is C25H32FN3O3. The summed E-state index contributed by atoms with van der Waals surface area (Å²) in [4.78, 5) is 31.4. The van der Waals surface area contributed by atoms with Crippen LogP contribution >= 0.6 is 0 Å². The number of amides is 2. The van der Waals surface area contributed by atoms with Gasteiger partial charge in [-0.1, -0.05) is 26.0 Å². The third kappa shape index (κ3) is 6.29. The molecule has 172 valence electrons. The van der Waals surface area contributed by atoms with Crippen LogP contribution in [-0.2, 0) is 11.3 Å². The van der Waals surface area contributed by atoms with Crippen LogP contribution in [-0.4, -0.2) is 72.9 Å². The summed E-state index contributed by atoms with van der Waals surface area (Å²) in [5.41, 5.74) is 1.46. The lowest BCUT2D eigenvalue weighted by Crippen LogP contribution is -2.51. The number of hydrogen-bond acceptors (Lipinski definition) is 4. The van der Waals surface area contributed by atoms with Gasteiger partial charge in [0, 0.05) is 57.3 Å². The molecule has 2 aromatic carbocycles. The number of nitrogens with zero attached hydrogens (tertiary/aromatic N) is 3. The maximum atomic E-state index is 13.3. The van der Waals surface area contributed by atoms with E-state index in [9.17, 15) is 14.0 Å². The smallest absolute Gasteiger partial charge is 0.254 e. The Hall–Kier alpha value is -2.93. The molecule has 2 amide bonds. The number of piperazine rings is 1. The van der Waals surface area contributed by atoms with Crippen LogP contribution in [0.4, 0.5) is 4.39 Å². The Labute approximate surface area is 189 Å². The van der Waals surface area contributed by atoms with Gasteiger partial charge in [-0.05, 0) is 42.0 Å². The van der Waals surface area contributed by atoms with E-state index >= 15 is 0 Å². The number of carbonyl (C=O) groups excluding carboxylic acids is 2. The largest absolute Gasteiger partial charge is 0.497 e. The Morgan fingerprint density at radius 3 is 2.19 bits per heavy atom. The first kappa shape index (κ1) is 23.7. The molecule has 1 fully saturated rings. The zero-order valence-electron chi connectivity index (χ0n) is 19.1. The molecule has 2 aromatic rings. The van der Waals surface area contributed by atoms with E-state index in [0.29, 0.717) is 44.0 Å². The fourth-order valence-electron chi connectivity index (χ4n) is 3.80. The van der Waals surface area contributed by atoms with Crippen molar-refractivity contribution in [1.29, 1.82) is 0 Å². The highest BCUT2D eigenvalue weighted by molar-refractivity contribution is 5.94. The zero-order chi connectivity index (χ0) is 23.1. The topological polar surface area (TPSA) is 53.1 Å². The van der Waals surface area contributed by atoms with E-state index in [4.69, 9.17) is 4.74 Å². The molecule has 6 nitrogen and oxygen atoms in total. The number of benzene rings is 2. The second-order valence-electron chi connectivity index (χ2n) is 8.40. The molecule has 0 spiro atoms. The first-order chi connectivity index (χ1) is 15.4. The molecule has 0 aromatic heterocycles. The minimum absolute atomic E-state index is 0.00914. The van der Waals surface area contributed by atoms with E-state index in [2.05, 4.69) is 4.90 Å². The van der Waals surface area contributed by atoms with Crippen molar-refractivity contribution in [3.63, 3.8) is 0 Å². The summed E-state index contributed by atoms with van der Waals surface area (Å²) in [5.74, 6) is 0.522. The summed E-state index contributed by atoms with van der Waals surface area (Å²) >= 11 is 0. The quantitative estimate of drug-likeness (QED) is 0.631. The lowest BCUT2D eigenvalue weighted by molar-refractivity contribution is -0.136. The number of carbonyl (C=O) groups is 2. The van der Waals surface area contributed by atoms with Crippen molar-refractivity contribution in [2.24, 2.45) is 5.92 Å². The third-order valence-corrected chi connectivity index (χ3v) is 5.77. The average molecular weight is 442 g/mol. The molecule has 1 saturated heterocycles. The minimum Gasteiger partial charge on any atom is -0.497 e. The second-order valence-corrected chi connectivity index (χ2v) is 8.40. The van der Waals surface area contributed by atoms with E-state index in [0.717, 1.165) is 18.7 Å². The Balaban J connectivity index is 1.65. The van der Waals surface area contributed by atoms with Gasteiger partial charge in [0.2, 0.25) is 5.91 Å². The number of ether oxygens (including phenoxy) is 1. The molecule has 7 heteroatoms. The van der Waals surface area contributed by atoms with Gasteiger partial charge in [-0.15, -0.1) is 0 Å². The van der Waals surface area contributed by atoms with Gasteiger partial charge in [0.1, 0.15) is 11.6 Å². The predicted molar refractivity (Wildman–Crippen MR) is 122 cm³/mol. The summed E-state index contributed by atoms with van der Waals surface area (Å²) in [6, 6.07) is 13.3. The molecular weight excluding hydrogens is 409 g/mol. The first-order valence-corrected chi connectivity index (χ1v) is 11.1. The lowest BCUT2D eigenvalue weighted by atomic mass is 10.1. The molecule has 0 unspecified atom stereocenters. The van der Waals surface area contributed by atoms with Crippen molar-refractivity contribution in [3.8, 4) is 5.75 Å². The summed E-state index contributed by atoms with van der Waals surface area (Å²) < 4.78 is 18.5. The van der Waals surface area contributed by atoms with Crippen molar-refractivity contribution < 1.29 is 18.7 Å². The van der Waals surface area contributed by atoms with Crippen molar-refractivity contribution in [3.05, 3.63) is 65.5 Å². The van der Waals surface area contributed by atoms with Gasteiger partial charge in [-0.25, -0.2) is 4.39 Å². The zero-order valence-corrected chi connectivity index (χ0v) is 19.1. The van der Waals surface area contributed by atoms with Crippen molar-refractivity contribution >= 4 is 11.8 Å². The minimum atomic E-state index is -0.296. The second kappa shape index (κ2) is 11.1. The molecule has 1 heterocycles. The van der Waals surface area contributed by atoms with Crippen LogP contribution in [0.15, 0.2) is 48.5 Å². The Bertz CT molecular complexity index is 892. The fourth-order valence-corrected chi connectivity index (χ4v) is 3.80. The molecule has 0 radical (unpaired) electrons. The van der Waals surface area contributed by atoms with Crippen LogP contribution in [0.3, 0.4) is 0 Å². The van der Waals surface area contributed by atoms with Crippen LogP contribution in [0.25, 0.3) is 0 Å². The molecule has 1 aliphatic rings. The van der Waals surface area contributed by atoms with Crippen LogP contribution < -0.4 is 4.74 Å². The van der Waals surface area contributed by atoms with Crippen LogP contribution in [0.2, 0.25) is 0 Å². The van der Waals surface area contributed by atoms with Gasteiger partial charge in [0.05, 0.1) is 7.11 Å². The Morgan fingerprint density at radius 1 is 1.00 bits per heavy atom. The van der Waals surface area contributed by atoms with Gasteiger partial charge in [0.15, 0.2) is 0 Å². The molecule has 32 heavy (non-hydrogen) atoms. The predicted octanol–water partition coefficient (Wildman–Crippen LogP) is 3.28. The van der Waals surface area contributed by atoms with Gasteiger partial charge < -0.3 is 14.5 Å². The lowest BCUT2D eigenvalue weighted by Gasteiger charge is -2.36. The highest BCUT2D eigenvalue weighted by atomic mass is 19.1. The van der Waals surface area contributed by atoms with Gasteiger partial charge >= 0.3 is 0 Å². The van der Waals surface area contributed by atoms with Crippen LogP contribution in [0, 0.1) is 11.7 Å². The third-order valence-electron chi connectivity index (χ3n) is 5.77. The number of halogens is 1. The number of rotatable bonds is 8. The van der Waals surface area contributed by atoms with Crippen LogP contribution in [0.1, 0.15) is 29.8 Å². The first-order valence-electron chi connectivity index (χ1n) is 11.1. The van der Waals surface area contributed by atoms with Crippen molar-refractivity contribution in [2.75, 3.05) is 46.4 Å². The van der Waals surface area contributed by atoms with E-state index in [-0.39, 0.29) is 23.5 Å². The highest BCUT2D eigenvalue weighted by Gasteiger charge is 2.24. The molecule has 0 N–H and O–H groups in total. The SMILES string of the molecule is COc1ccc(C(=O)N(CCN2CCN(C(=O)C(C)C)CC2)Cc2ccc(F)cc2)cc1. The average Bonchev–Trinajstić information content (AvgIpc) is 2.82. The Kier molecular flexibility index (Phi) is 8.22. The number of methoxy groups -OCH3 is 1. The van der Waals surface area contributed by atoms with E-state index < -0.39 is 0 Å². The normalized spacial score (nSPS) is 14.5. The standard InChI is InChI=1S/C25H32FN3O3/c1-19(2)24(30)28-15-12-27(13-16-28)14-17-29(18-20-4-8-22(26)9-5-20)25(31)21-6-10-23(32-3)11-7-21/h4-11,19H,12-18H2,1-3H3. The van der Waals surface area contributed by atoms with Crippen LogP contribution in [0.5, 0.6) is 5.75 Å². The molecule has 1 aliphatic heterocycles. The van der Waals surface area contributed by atoms with Gasteiger partial charge in [-0.2, -0.15) is 0 Å². The molecule has 0 atom stereocenters. The highest BCUT2D eigenvalue weighted by Crippen LogP contribution is 2.16.